The van der Waals surface area contributed by atoms with Crippen molar-refractivity contribution in [2.24, 2.45) is 5.41 Å². The van der Waals surface area contributed by atoms with Gasteiger partial charge < -0.3 is 29.7 Å². The van der Waals surface area contributed by atoms with E-state index >= 15 is 0 Å². The van der Waals surface area contributed by atoms with E-state index in [2.05, 4.69) is 15.2 Å². The lowest BCUT2D eigenvalue weighted by molar-refractivity contribution is -0.0913. The highest BCUT2D eigenvalue weighted by atomic mass is 19.3. The van der Waals surface area contributed by atoms with Crippen LogP contribution in [0, 0.1) is 18.2 Å². The van der Waals surface area contributed by atoms with Crippen molar-refractivity contribution in [1.29, 1.82) is 0 Å². The van der Waals surface area contributed by atoms with Gasteiger partial charge in [-0.25, -0.2) is 18.0 Å². The number of rotatable bonds is 6. The summed E-state index contributed by atoms with van der Waals surface area (Å²) < 4.78 is 55.1. The van der Waals surface area contributed by atoms with Crippen molar-refractivity contribution in [2.45, 2.75) is 38.5 Å². The van der Waals surface area contributed by atoms with Gasteiger partial charge in [0, 0.05) is 38.7 Å². The molecule has 2 N–H and O–H groups in total. The van der Waals surface area contributed by atoms with E-state index < -0.39 is 23.2 Å². The first-order valence-electron chi connectivity index (χ1n) is 13.0. The molecule has 3 heterocycles. The number of urea groups is 1. The van der Waals surface area contributed by atoms with E-state index in [-0.39, 0.29) is 44.8 Å². The predicted molar refractivity (Wildman–Crippen MR) is 136 cm³/mol. The van der Waals surface area contributed by atoms with E-state index in [9.17, 15) is 23.1 Å². The Kier molecular flexibility index (Phi) is 7.41. The lowest BCUT2D eigenvalue weighted by Gasteiger charge is -2.30. The second kappa shape index (κ2) is 10.6. The van der Waals surface area contributed by atoms with Crippen LogP contribution in [-0.4, -0.2) is 79.6 Å². The molecule has 2 aromatic rings. The molecule has 8 nitrogen and oxygen atoms in total. The molecule has 206 valence electrons. The monoisotopic (exact) mass is 534 g/mol. The molecule has 1 aromatic carbocycles. The van der Waals surface area contributed by atoms with Crippen LogP contribution in [0.1, 0.15) is 31.2 Å². The third kappa shape index (κ3) is 5.13. The number of benzene rings is 1. The fourth-order valence-electron chi connectivity index (χ4n) is 5.74. The van der Waals surface area contributed by atoms with Crippen molar-refractivity contribution < 1.29 is 32.5 Å². The Hall–Kier alpha value is -3.05. The molecule has 11 heteroatoms. The predicted octanol–water partition coefficient (Wildman–Crippen LogP) is 4.45. The average Bonchev–Trinajstić information content (AvgIpc) is 3.47. The molecular formula is C27H33F3N4O4. The zero-order valence-electron chi connectivity index (χ0n) is 21.4. The number of morpholine rings is 1. The number of nitrogens with zero attached hydrogens (tertiary/aromatic N) is 3. The number of aromatic nitrogens is 1. The van der Waals surface area contributed by atoms with Crippen LogP contribution in [0.25, 0.3) is 11.1 Å². The number of aliphatic hydroxyl groups excluding tert-OH is 1. The second-order valence-corrected chi connectivity index (χ2v) is 10.3. The van der Waals surface area contributed by atoms with E-state index in [4.69, 9.17) is 9.47 Å². The molecule has 1 spiro atoms. The summed E-state index contributed by atoms with van der Waals surface area (Å²) in [4.78, 5) is 21.0. The number of amides is 2. The molecule has 2 amide bonds. The van der Waals surface area contributed by atoms with Gasteiger partial charge in [-0.1, -0.05) is 0 Å². The second-order valence-electron chi connectivity index (χ2n) is 10.3. The van der Waals surface area contributed by atoms with Gasteiger partial charge in [0.2, 0.25) is 5.88 Å². The molecule has 0 bridgehead atoms. The van der Waals surface area contributed by atoms with Crippen molar-refractivity contribution in [1.82, 2.24) is 9.88 Å². The number of carbonyl (C=O) groups is 1. The van der Waals surface area contributed by atoms with Crippen LogP contribution in [0.3, 0.4) is 0 Å². The molecule has 38 heavy (non-hydrogen) atoms. The van der Waals surface area contributed by atoms with Crippen LogP contribution in [0.5, 0.6) is 5.88 Å². The van der Waals surface area contributed by atoms with E-state index in [1.54, 1.807) is 19.1 Å². The largest absolute Gasteiger partial charge is 0.475 e. The Bertz CT molecular complexity index is 1190. The van der Waals surface area contributed by atoms with E-state index in [0.717, 1.165) is 0 Å². The Morgan fingerprint density at radius 3 is 2.66 bits per heavy atom. The smallest absolute Gasteiger partial charge is 0.321 e. The SMILES string of the molecule is Cc1cc(F)c(NC(=O)N2CCC3(CCCC3(F)F)C2)cc1-c1cc(OCCO)nc(N2CCOCC2)c1. The molecule has 2 aliphatic heterocycles. The number of halogens is 3. The van der Waals surface area contributed by atoms with Gasteiger partial charge >= 0.3 is 6.03 Å². The van der Waals surface area contributed by atoms with E-state index in [1.807, 2.05) is 6.07 Å². The Morgan fingerprint density at radius 2 is 1.95 bits per heavy atom. The highest BCUT2D eigenvalue weighted by Crippen LogP contribution is 2.55. The van der Waals surface area contributed by atoms with Gasteiger partial charge in [0.25, 0.3) is 5.92 Å². The maximum Gasteiger partial charge on any atom is 0.321 e. The summed E-state index contributed by atoms with van der Waals surface area (Å²) >= 11 is 0. The maximum atomic E-state index is 15.0. The number of aryl methyl sites for hydroxylation is 1. The molecule has 1 saturated carbocycles. The van der Waals surface area contributed by atoms with E-state index in [1.165, 1.54) is 11.0 Å². The summed E-state index contributed by atoms with van der Waals surface area (Å²) in [6, 6.07) is 5.87. The van der Waals surface area contributed by atoms with Gasteiger partial charge in [0.15, 0.2) is 0 Å². The minimum atomic E-state index is -2.79. The Morgan fingerprint density at radius 1 is 1.16 bits per heavy atom. The van der Waals surface area contributed by atoms with E-state index in [0.29, 0.717) is 67.5 Å². The number of alkyl halides is 2. The summed E-state index contributed by atoms with van der Waals surface area (Å²) in [5.74, 6) is -2.43. The van der Waals surface area contributed by atoms with Crippen LogP contribution >= 0.6 is 0 Å². The molecule has 1 atom stereocenters. The minimum absolute atomic E-state index is 0.0303. The molecule has 3 fully saturated rings. The zero-order valence-corrected chi connectivity index (χ0v) is 21.4. The fraction of sp³-hybridized carbons (Fsp3) is 0.556. The normalized spacial score (nSPS) is 22.8. The summed E-state index contributed by atoms with van der Waals surface area (Å²) in [6.45, 7) is 4.26. The molecule has 1 aliphatic carbocycles. The first-order valence-corrected chi connectivity index (χ1v) is 13.0. The number of hydrogen-bond donors (Lipinski definition) is 2. The highest BCUT2D eigenvalue weighted by molar-refractivity contribution is 5.91. The number of carbonyl (C=O) groups excluding carboxylic acids is 1. The average molecular weight is 535 g/mol. The fourth-order valence-corrected chi connectivity index (χ4v) is 5.74. The quantitative estimate of drug-likeness (QED) is 0.570. The van der Waals surface area contributed by atoms with Crippen molar-refractivity contribution in [3.8, 4) is 17.0 Å². The summed E-state index contributed by atoms with van der Waals surface area (Å²) in [5, 5.41) is 11.8. The zero-order chi connectivity index (χ0) is 26.9. The van der Waals surface area contributed by atoms with Gasteiger partial charge in [0.1, 0.15) is 18.2 Å². The van der Waals surface area contributed by atoms with Crippen molar-refractivity contribution in [3.05, 3.63) is 35.6 Å². The molecule has 3 aliphatic rings. The number of hydrogen-bond acceptors (Lipinski definition) is 6. The highest BCUT2D eigenvalue weighted by Gasteiger charge is 2.60. The first kappa shape index (κ1) is 26.6. The van der Waals surface area contributed by atoms with Crippen LogP contribution in [0.2, 0.25) is 0 Å². The van der Waals surface area contributed by atoms with Crippen molar-refractivity contribution in [3.63, 3.8) is 0 Å². The standard InChI is InChI=1S/C27H33F3N4O4/c1-18-13-21(28)22(31-25(36)34-6-5-26(17-34)3-2-4-27(26,29)30)16-20(18)19-14-23(33-7-10-37-11-8-33)32-24(15-19)38-12-9-35/h13-16,35H,2-12,17H2,1H3,(H,31,36). The van der Waals surface area contributed by atoms with Gasteiger partial charge in [-0.05, 0) is 61.1 Å². The van der Waals surface area contributed by atoms with Crippen LogP contribution < -0.4 is 15.0 Å². The molecule has 1 unspecified atom stereocenters. The van der Waals surface area contributed by atoms with Crippen LogP contribution in [-0.2, 0) is 4.74 Å². The van der Waals surface area contributed by atoms with Gasteiger partial charge in [-0.3, -0.25) is 0 Å². The molecular weight excluding hydrogens is 501 g/mol. The molecule has 5 rings (SSSR count). The number of anilines is 2. The third-order valence-electron chi connectivity index (χ3n) is 7.89. The molecule has 0 radical (unpaired) electrons. The lowest BCUT2D eigenvalue weighted by atomic mass is 9.82. The first-order chi connectivity index (χ1) is 18.2. The lowest BCUT2D eigenvalue weighted by Crippen LogP contribution is -2.41. The Balaban J connectivity index is 1.41. The Labute approximate surface area is 219 Å². The van der Waals surface area contributed by atoms with Crippen LogP contribution in [0.4, 0.5) is 29.5 Å². The number of pyridine rings is 1. The number of likely N-dealkylation sites (tertiary alicyclic amines) is 1. The summed E-state index contributed by atoms with van der Waals surface area (Å²) in [5.41, 5.74) is 0.788. The van der Waals surface area contributed by atoms with Gasteiger partial charge in [0.05, 0.1) is 30.9 Å². The number of ether oxygens (including phenoxy) is 2. The van der Waals surface area contributed by atoms with Gasteiger partial charge in [-0.2, -0.15) is 4.98 Å². The summed E-state index contributed by atoms with van der Waals surface area (Å²) in [6.07, 6.45) is 0.926. The minimum Gasteiger partial charge on any atom is -0.475 e. The van der Waals surface area contributed by atoms with Crippen LogP contribution in [0.15, 0.2) is 24.3 Å². The number of aliphatic hydroxyl groups is 1. The van der Waals surface area contributed by atoms with Crippen molar-refractivity contribution in [2.75, 3.05) is 62.8 Å². The topological polar surface area (TPSA) is 87.2 Å². The molecule has 1 aromatic heterocycles. The molecule has 2 saturated heterocycles. The number of nitrogens with one attached hydrogen (secondary N) is 1. The van der Waals surface area contributed by atoms with Crippen molar-refractivity contribution >= 4 is 17.5 Å². The maximum absolute atomic E-state index is 15.0. The summed E-state index contributed by atoms with van der Waals surface area (Å²) in [7, 11) is 0. The third-order valence-corrected chi connectivity index (χ3v) is 7.89. The van der Waals surface area contributed by atoms with Gasteiger partial charge in [-0.15, -0.1) is 0 Å².